The predicted molar refractivity (Wildman–Crippen MR) is 91.7 cm³/mol. The van der Waals surface area contributed by atoms with Crippen molar-refractivity contribution in [1.82, 2.24) is 4.90 Å². The fourth-order valence-corrected chi connectivity index (χ4v) is 3.92. The van der Waals surface area contributed by atoms with Crippen molar-refractivity contribution in [3.05, 3.63) is 24.3 Å². The lowest BCUT2D eigenvalue weighted by Gasteiger charge is -2.23. The van der Waals surface area contributed by atoms with Crippen molar-refractivity contribution >= 4 is 11.9 Å². The van der Waals surface area contributed by atoms with Crippen molar-refractivity contribution in [2.45, 2.75) is 32.6 Å². The number of carbonyl (C=O) groups excluding carboxylic acids is 1. The molecule has 25 heavy (non-hydrogen) atoms. The number of nitrogens with zero attached hydrogens (tertiary/aromatic N) is 1. The van der Waals surface area contributed by atoms with Gasteiger partial charge in [0.05, 0.1) is 12.0 Å². The van der Waals surface area contributed by atoms with Gasteiger partial charge in [0.15, 0.2) is 6.61 Å². The minimum absolute atomic E-state index is 0.0718. The molecule has 1 aromatic rings. The van der Waals surface area contributed by atoms with Crippen LogP contribution in [0.4, 0.5) is 0 Å². The van der Waals surface area contributed by atoms with E-state index in [1.54, 1.807) is 17.0 Å². The molecule has 1 saturated heterocycles. The number of aliphatic carboxylic acids is 1. The molecule has 1 aliphatic carbocycles. The number of carboxylic acids is 1. The molecule has 6 heteroatoms. The number of hydrogen-bond donors (Lipinski definition) is 1. The average Bonchev–Trinajstić information content (AvgIpc) is 3.17. The number of hydrogen-bond acceptors (Lipinski definition) is 4. The van der Waals surface area contributed by atoms with E-state index in [9.17, 15) is 14.7 Å². The van der Waals surface area contributed by atoms with Gasteiger partial charge in [-0.2, -0.15) is 0 Å². The van der Waals surface area contributed by atoms with Gasteiger partial charge < -0.3 is 19.5 Å². The molecular weight excluding hydrogens is 322 g/mol. The Labute approximate surface area is 147 Å². The Bertz CT molecular complexity index is 629. The van der Waals surface area contributed by atoms with E-state index in [0.717, 1.165) is 25.0 Å². The van der Waals surface area contributed by atoms with Gasteiger partial charge in [0.2, 0.25) is 0 Å². The van der Waals surface area contributed by atoms with Crippen molar-refractivity contribution in [2.75, 3.05) is 26.3 Å². The molecular formula is C19H25NO5. The number of likely N-dealkylation sites (tertiary alicyclic amines) is 1. The highest BCUT2D eigenvalue weighted by Crippen LogP contribution is 2.48. The van der Waals surface area contributed by atoms with Gasteiger partial charge in [0.1, 0.15) is 11.5 Å². The topological polar surface area (TPSA) is 76.1 Å². The first-order valence-electron chi connectivity index (χ1n) is 8.92. The quantitative estimate of drug-likeness (QED) is 0.820. The van der Waals surface area contributed by atoms with Crippen LogP contribution in [0, 0.1) is 11.3 Å². The van der Waals surface area contributed by atoms with E-state index in [4.69, 9.17) is 9.47 Å². The van der Waals surface area contributed by atoms with E-state index in [1.165, 1.54) is 0 Å². The van der Waals surface area contributed by atoms with E-state index in [-0.39, 0.29) is 18.4 Å². The minimum atomic E-state index is -0.770. The van der Waals surface area contributed by atoms with Crippen molar-refractivity contribution in [3.8, 4) is 11.5 Å². The van der Waals surface area contributed by atoms with Crippen LogP contribution >= 0.6 is 0 Å². The highest BCUT2D eigenvalue weighted by atomic mass is 16.5. The predicted octanol–water partition coefficient (Wildman–Crippen LogP) is 2.57. The Morgan fingerprint density at radius 1 is 1.24 bits per heavy atom. The van der Waals surface area contributed by atoms with Crippen LogP contribution in [0.3, 0.4) is 0 Å². The Morgan fingerprint density at radius 2 is 1.92 bits per heavy atom. The van der Waals surface area contributed by atoms with Crippen molar-refractivity contribution in [2.24, 2.45) is 11.3 Å². The van der Waals surface area contributed by atoms with Gasteiger partial charge >= 0.3 is 5.97 Å². The van der Waals surface area contributed by atoms with E-state index in [2.05, 4.69) is 0 Å². The molecule has 1 saturated carbocycles. The van der Waals surface area contributed by atoms with Crippen molar-refractivity contribution in [3.63, 3.8) is 0 Å². The molecule has 0 aromatic heterocycles. The smallest absolute Gasteiger partial charge is 0.311 e. The zero-order chi connectivity index (χ0) is 17.9. The summed E-state index contributed by atoms with van der Waals surface area (Å²) in [6.45, 7) is 3.47. The third-order valence-corrected chi connectivity index (χ3v) is 5.31. The summed E-state index contributed by atoms with van der Waals surface area (Å²) in [6, 6.07) is 7.18. The summed E-state index contributed by atoms with van der Waals surface area (Å²) in [6.07, 6.45) is 3.43. The molecule has 1 heterocycles. The first-order chi connectivity index (χ1) is 12.0. The second-order valence-corrected chi connectivity index (χ2v) is 6.93. The lowest BCUT2D eigenvalue weighted by molar-refractivity contribution is -0.149. The van der Waals surface area contributed by atoms with Crippen LogP contribution in [0.15, 0.2) is 24.3 Å². The van der Waals surface area contributed by atoms with Gasteiger partial charge in [-0.25, -0.2) is 0 Å². The number of benzene rings is 1. The normalized spacial score (nSPS) is 24.8. The summed E-state index contributed by atoms with van der Waals surface area (Å²) < 4.78 is 11.1. The summed E-state index contributed by atoms with van der Waals surface area (Å²) in [4.78, 5) is 25.7. The van der Waals surface area contributed by atoms with Crippen LogP contribution in [-0.2, 0) is 9.59 Å². The highest BCUT2D eigenvalue weighted by molar-refractivity contribution is 5.82. The molecule has 2 atom stereocenters. The highest BCUT2D eigenvalue weighted by Gasteiger charge is 2.55. The Balaban J connectivity index is 1.52. The summed E-state index contributed by atoms with van der Waals surface area (Å²) in [5.41, 5.74) is -0.742. The summed E-state index contributed by atoms with van der Waals surface area (Å²) in [5, 5.41) is 9.59. The monoisotopic (exact) mass is 347 g/mol. The van der Waals surface area contributed by atoms with Gasteiger partial charge in [-0.3, -0.25) is 9.59 Å². The molecule has 0 bridgehead atoms. The Kier molecular flexibility index (Phi) is 5.16. The molecule has 6 nitrogen and oxygen atoms in total. The van der Waals surface area contributed by atoms with E-state index < -0.39 is 11.4 Å². The average molecular weight is 347 g/mol. The summed E-state index contributed by atoms with van der Waals surface area (Å²) >= 11 is 0. The summed E-state index contributed by atoms with van der Waals surface area (Å²) in [7, 11) is 0. The number of ether oxygens (including phenoxy) is 2. The zero-order valence-electron chi connectivity index (χ0n) is 14.6. The minimum Gasteiger partial charge on any atom is -0.494 e. The van der Waals surface area contributed by atoms with Crippen LogP contribution in [0.5, 0.6) is 11.5 Å². The summed E-state index contributed by atoms with van der Waals surface area (Å²) in [5.74, 6) is 0.528. The standard InChI is InChI=1S/C19H25NO5/c1-2-10-24-15-5-7-16(8-6-15)25-12-17(21)20-11-14-4-3-9-19(14,13-20)18(22)23/h5-8,14H,2-4,9-13H2,1H3,(H,22,23)/t14-,19+/m0/s1. The maximum Gasteiger partial charge on any atom is 0.311 e. The van der Waals surface area contributed by atoms with Gasteiger partial charge in [-0.15, -0.1) is 0 Å². The second-order valence-electron chi connectivity index (χ2n) is 6.93. The molecule has 1 aliphatic heterocycles. The molecule has 2 aliphatic rings. The fourth-order valence-electron chi connectivity index (χ4n) is 3.92. The largest absolute Gasteiger partial charge is 0.494 e. The number of amides is 1. The molecule has 0 spiro atoms. The molecule has 1 N–H and O–H groups in total. The lowest BCUT2D eigenvalue weighted by Crippen LogP contribution is -2.38. The van der Waals surface area contributed by atoms with Gasteiger partial charge in [0, 0.05) is 13.1 Å². The van der Waals surface area contributed by atoms with Crippen molar-refractivity contribution < 1.29 is 24.2 Å². The lowest BCUT2D eigenvalue weighted by atomic mass is 9.81. The van der Waals surface area contributed by atoms with Crippen LogP contribution in [0.1, 0.15) is 32.6 Å². The Morgan fingerprint density at radius 3 is 2.52 bits per heavy atom. The van der Waals surface area contributed by atoms with Crippen molar-refractivity contribution in [1.29, 1.82) is 0 Å². The SMILES string of the molecule is CCCOc1ccc(OCC(=O)N2C[C@@H]3CCC[C@@]3(C(=O)O)C2)cc1. The van der Waals surface area contributed by atoms with Crippen LogP contribution in [-0.4, -0.2) is 48.2 Å². The third kappa shape index (κ3) is 3.57. The number of rotatable bonds is 7. The molecule has 1 amide bonds. The van der Waals surface area contributed by atoms with Gasteiger partial charge in [-0.1, -0.05) is 13.3 Å². The first kappa shape index (κ1) is 17.6. The third-order valence-electron chi connectivity index (χ3n) is 5.31. The van der Waals surface area contributed by atoms with E-state index in [1.807, 2.05) is 19.1 Å². The molecule has 136 valence electrons. The first-order valence-corrected chi connectivity index (χ1v) is 8.92. The second kappa shape index (κ2) is 7.33. The van der Waals surface area contributed by atoms with Gasteiger partial charge in [-0.05, 0) is 49.4 Å². The number of fused-ring (bicyclic) bond motifs is 1. The van der Waals surface area contributed by atoms with Crippen LogP contribution in [0.25, 0.3) is 0 Å². The number of carbonyl (C=O) groups is 2. The molecule has 0 radical (unpaired) electrons. The van der Waals surface area contributed by atoms with Crippen LogP contribution in [0.2, 0.25) is 0 Å². The Hall–Kier alpha value is -2.24. The maximum atomic E-state index is 12.4. The zero-order valence-corrected chi connectivity index (χ0v) is 14.6. The van der Waals surface area contributed by atoms with E-state index in [0.29, 0.717) is 31.9 Å². The van der Waals surface area contributed by atoms with Crippen LogP contribution < -0.4 is 9.47 Å². The number of carboxylic acid groups (broad SMARTS) is 1. The molecule has 3 rings (SSSR count). The van der Waals surface area contributed by atoms with E-state index >= 15 is 0 Å². The fraction of sp³-hybridized carbons (Fsp3) is 0.579. The molecule has 1 aromatic carbocycles. The van der Waals surface area contributed by atoms with Gasteiger partial charge in [0.25, 0.3) is 5.91 Å². The molecule has 2 fully saturated rings. The maximum absolute atomic E-state index is 12.4. The molecule has 0 unspecified atom stereocenters.